The van der Waals surface area contributed by atoms with E-state index in [9.17, 15) is 18.0 Å². The summed E-state index contributed by atoms with van der Waals surface area (Å²) in [4.78, 5) is 23.9. The van der Waals surface area contributed by atoms with Crippen LogP contribution in [0.1, 0.15) is 17.6 Å². The molecular weight excluding hydrogens is 522 g/mol. The van der Waals surface area contributed by atoms with Gasteiger partial charge in [-0.15, -0.1) is 35.3 Å². The van der Waals surface area contributed by atoms with E-state index in [4.69, 9.17) is 0 Å². The lowest BCUT2D eigenvalue weighted by Gasteiger charge is -2.35. The number of halogens is 4. The van der Waals surface area contributed by atoms with Gasteiger partial charge in [0.1, 0.15) is 11.6 Å². The topological polar surface area (TPSA) is 78.7 Å². The summed E-state index contributed by atoms with van der Waals surface area (Å²) < 4.78 is 39.6. The predicted octanol–water partition coefficient (Wildman–Crippen LogP) is 2.33. The molecular formula is C16H21F3IN7OS. The highest BCUT2D eigenvalue weighted by atomic mass is 127. The summed E-state index contributed by atoms with van der Waals surface area (Å²) in [5.41, 5.74) is -0.176. The van der Waals surface area contributed by atoms with E-state index in [1.807, 2.05) is 6.92 Å². The molecule has 1 aliphatic rings. The van der Waals surface area contributed by atoms with Crippen LogP contribution in [0.4, 0.5) is 18.9 Å². The van der Waals surface area contributed by atoms with Gasteiger partial charge in [0.15, 0.2) is 11.7 Å². The molecule has 0 aliphatic carbocycles. The number of carbonyl (C=O) groups excluding carboxylic acids is 1. The molecule has 13 heteroatoms. The van der Waals surface area contributed by atoms with Crippen LogP contribution in [0.25, 0.3) is 0 Å². The number of hydrogen-bond acceptors (Lipinski definition) is 5. The summed E-state index contributed by atoms with van der Waals surface area (Å²) in [5, 5.41) is 8.41. The van der Waals surface area contributed by atoms with Crippen LogP contribution >= 0.6 is 35.3 Å². The molecule has 1 saturated heterocycles. The molecule has 29 heavy (non-hydrogen) atoms. The average Bonchev–Trinajstić information content (AvgIpc) is 3.27. The number of aliphatic imine (C=N–C) groups is 1. The van der Waals surface area contributed by atoms with Gasteiger partial charge in [-0.1, -0.05) is 0 Å². The zero-order chi connectivity index (χ0) is 20.3. The smallest absolute Gasteiger partial charge is 0.356 e. The van der Waals surface area contributed by atoms with E-state index < -0.39 is 11.9 Å². The summed E-state index contributed by atoms with van der Waals surface area (Å²) in [6.07, 6.45) is -1.06. The number of anilines is 1. The minimum absolute atomic E-state index is 0. The molecule has 0 atom stereocenters. The lowest BCUT2D eigenvalue weighted by Crippen LogP contribution is -2.55. The van der Waals surface area contributed by atoms with Gasteiger partial charge in [0.2, 0.25) is 5.91 Å². The SMILES string of the molecule is CCNC(=NCc1nc(C(F)(F)F)cs1)N1CCN(c2cnn(C)c2)C(=O)C1.I. The Hall–Kier alpha value is -1.90. The highest BCUT2D eigenvalue weighted by Crippen LogP contribution is 2.30. The van der Waals surface area contributed by atoms with Crippen LogP contribution in [0.5, 0.6) is 0 Å². The van der Waals surface area contributed by atoms with E-state index in [2.05, 4.69) is 20.4 Å². The van der Waals surface area contributed by atoms with Gasteiger partial charge in [-0.3, -0.25) is 9.48 Å². The van der Waals surface area contributed by atoms with E-state index in [1.165, 1.54) is 0 Å². The normalized spacial score (nSPS) is 15.5. The number of thiazole rings is 1. The number of aromatic nitrogens is 3. The molecule has 8 nitrogen and oxygen atoms in total. The molecule has 1 aliphatic heterocycles. The minimum atomic E-state index is -4.46. The van der Waals surface area contributed by atoms with Gasteiger partial charge in [0, 0.05) is 38.3 Å². The zero-order valence-electron chi connectivity index (χ0n) is 15.8. The number of rotatable bonds is 4. The molecule has 0 radical (unpaired) electrons. The van der Waals surface area contributed by atoms with Gasteiger partial charge in [0.05, 0.1) is 18.4 Å². The average molecular weight is 543 g/mol. The molecule has 2 aromatic rings. The van der Waals surface area contributed by atoms with E-state index in [0.29, 0.717) is 25.6 Å². The lowest BCUT2D eigenvalue weighted by atomic mass is 10.3. The molecule has 2 aromatic heterocycles. The summed E-state index contributed by atoms with van der Waals surface area (Å²) >= 11 is 0.915. The second-order valence-electron chi connectivity index (χ2n) is 6.13. The fraction of sp³-hybridized carbons (Fsp3) is 0.500. The zero-order valence-corrected chi connectivity index (χ0v) is 19.0. The van der Waals surface area contributed by atoms with Gasteiger partial charge in [-0.25, -0.2) is 9.98 Å². The molecule has 1 amide bonds. The Balaban J connectivity index is 0.00000300. The van der Waals surface area contributed by atoms with Crippen molar-refractivity contribution in [3.63, 3.8) is 0 Å². The van der Waals surface area contributed by atoms with E-state index in [0.717, 1.165) is 22.4 Å². The number of carbonyl (C=O) groups is 1. The Bertz CT molecular complexity index is 867. The van der Waals surface area contributed by atoms with Crippen molar-refractivity contribution in [1.82, 2.24) is 25.0 Å². The van der Waals surface area contributed by atoms with Crippen molar-refractivity contribution in [2.45, 2.75) is 19.6 Å². The Morgan fingerprint density at radius 1 is 1.38 bits per heavy atom. The molecule has 0 saturated carbocycles. The molecule has 0 unspecified atom stereocenters. The van der Waals surface area contributed by atoms with E-state index in [1.54, 1.807) is 33.9 Å². The Labute approximate surface area is 186 Å². The van der Waals surface area contributed by atoms with Gasteiger partial charge >= 0.3 is 6.18 Å². The first-order chi connectivity index (χ1) is 13.3. The number of piperazine rings is 1. The van der Waals surface area contributed by atoms with Crippen LogP contribution in [0.3, 0.4) is 0 Å². The predicted molar refractivity (Wildman–Crippen MR) is 114 cm³/mol. The molecule has 3 heterocycles. The summed E-state index contributed by atoms with van der Waals surface area (Å²) in [7, 11) is 1.78. The number of nitrogens with one attached hydrogen (secondary N) is 1. The molecule has 1 N–H and O–H groups in total. The number of aryl methyl sites for hydroxylation is 1. The van der Waals surface area contributed by atoms with Crippen molar-refractivity contribution >= 4 is 52.9 Å². The third kappa shape index (κ3) is 5.81. The third-order valence-corrected chi connectivity index (χ3v) is 4.90. The maximum atomic E-state index is 12.7. The summed E-state index contributed by atoms with van der Waals surface area (Å²) in [5.74, 6) is 0.379. The highest BCUT2D eigenvalue weighted by molar-refractivity contribution is 14.0. The number of nitrogens with zero attached hydrogens (tertiary/aromatic N) is 6. The quantitative estimate of drug-likeness (QED) is 0.364. The minimum Gasteiger partial charge on any atom is -0.356 e. The van der Waals surface area contributed by atoms with Gasteiger partial charge < -0.3 is 15.1 Å². The number of alkyl halides is 3. The Morgan fingerprint density at radius 2 is 2.14 bits per heavy atom. The van der Waals surface area contributed by atoms with Gasteiger partial charge in [0.25, 0.3) is 0 Å². The van der Waals surface area contributed by atoms with E-state index >= 15 is 0 Å². The second-order valence-corrected chi connectivity index (χ2v) is 7.08. The fourth-order valence-electron chi connectivity index (χ4n) is 2.76. The Kier molecular flexibility index (Phi) is 7.85. The largest absolute Gasteiger partial charge is 0.434 e. The fourth-order valence-corrected chi connectivity index (χ4v) is 3.48. The molecule has 3 rings (SSSR count). The molecule has 160 valence electrons. The van der Waals surface area contributed by atoms with E-state index in [-0.39, 0.29) is 48.0 Å². The van der Waals surface area contributed by atoms with Crippen molar-refractivity contribution < 1.29 is 18.0 Å². The standard InChI is InChI=1S/C16H20F3N7OS.HI/c1-3-20-15(21-7-13-23-12(10-28-13)16(17,18)19)25-4-5-26(14(27)9-25)11-6-22-24(2)8-11;/h6,8,10H,3-5,7,9H2,1-2H3,(H,20,21);1H. The summed E-state index contributed by atoms with van der Waals surface area (Å²) in [6, 6.07) is 0. The maximum absolute atomic E-state index is 12.7. The number of amides is 1. The van der Waals surface area contributed by atoms with Crippen molar-refractivity contribution in [2.24, 2.45) is 12.0 Å². The van der Waals surface area contributed by atoms with Crippen LogP contribution in [-0.2, 0) is 24.6 Å². The Morgan fingerprint density at radius 3 is 2.69 bits per heavy atom. The van der Waals surface area contributed by atoms with Gasteiger partial charge in [-0.05, 0) is 6.92 Å². The lowest BCUT2D eigenvalue weighted by molar-refractivity contribution is -0.140. The van der Waals surface area contributed by atoms with Crippen molar-refractivity contribution in [1.29, 1.82) is 0 Å². The molecule has 0 aromatic carbocycles. The molecule has 0 bridgehead atoms. The van der Waals surface area contributed by atoms with Crippen LogP contribution in [-0.4, -0.2) is 57.7 Å². The van der Waals surface area contributed by atoms with Crippen molar-refractivity contribution in [3.8, 4) is 0 Å². The van der Waals surface area contributed by atoms with Crippen LogP contribution in [0, 0.1) is 0 Å². The van der Waals surface area contributed by atoms with Crippen LogP contribution in [0.15, 0.2) is 22.8 Å². The summed E-state index contributed by atoms with van der Waals surface area (Å²) in [6.45, 7) is 3.59. The van der Waals surface area contributed by atoms with Crippen molar-refractivity contribution in [3.05, 3.63) is 28.5 Å². The van der Waals surface area contributed by atoms with Crippen LogP contribution < -0.4 is 10.2 Å². The first kappa shape index (κ1) is 23.4. The number of hydrogen-bond donors (Lipinski definition) is 1. The second kappa shape index (κ2) is 9.73. The first-order valence-electron chi connectivity index (χ1n) is 8.61. The first-order valence-corrected chi connectivity index (χ1v) is 9.49. The van der Waals surface area contributed by atoms with Crippen LogP contribution in [0.2, 0.25) is 0 Å². The molecule has 0 spiro atoms. The molecule has 1 fully saturated rings. The maximum Gasteiger partial charge on any atom is 0.434 e. The monoisotopic (exact) mass is 543 g/mol. The highest BCUT2D eigenvalue weighted by Gasteiger charge is 2.33. The van der Waals surface area contributed by atoms with Crippen molar-refractivity contribution in [2.75, 3.05) is 31.1 Å². The third-order valence-electron chi connectivity index (χ3n) is 4.06. The van der Waals surface area contributed by atoms with Gasteiger partial charge in [-0.2, -0.15) is 18.3 Å². The number of guanidine groups is 1.